The molecule has 8 heteroatoms. The first-order valence-corrected chi connectivity index (χ1v) is 13.5. The second-order valence-electron chi connectivity index (χ2n) is 10.1. The fourth-order valence-electron chi connectivity index (χ4n) is 4.71. The molecule has 0 bridgehead atoms. The number of nitrogens with one attached hydrogen (secondary N) is 1. The molecule has 0 amide bonds. The topological polar surface area (TPSA) is 79.7 Å². The first-order chi connectivity index (χ1) is 17.9. The second kappa shape index (κ2) is 10.4. The van der Waals surface area contributed by atoms with Crippen molar-refractivity contribution in [3.8, 4) is 0 Å². The average Bonchev–Trinajstić information content (AvgIpc) is 3.59. The summed E-state index contributed by atoms with van der Waals surface area (Å²) in [6.07, 6.45) is 0.842. The number of fused-ring (bicyclic) bond motifs is 1. The van der Waals surface area contributed by atoms with Gasteiger partial charge in [0, 0.05) is 23.5 Å². The van der Waals surface area contributed by atoms with E-state index >= 15 is 0 Å². The predicted molar refractivity (Wildman–Crippen MR) is 149 cm³/mol. The number of benzene rings is 2. The highest BCUT2D eigenvalue weighted by Gasteiger charge is 2.34. The molecule has 1 unspecified atom stereocenters. The summed E-state index contributed by atoms with van der Waals surface area (Å²) in [5, 5.41) is 16.1. The minimum absolute atomic E-state index is 0.125. The number of tetrazole rings is 1. The van der Waals surface area contributed by atoms with E-state index in [-0.39, 0.29) is 11.1 Å². The van der Waals surface area contributed by atoms with E-state index in [0.717, 1.165) is 28.5 Å². The molecule has 1 atom stereocenters. The van der Waals surface area contributed by atoms with Gasteiger partial charge >= 0.3 is 0 Å². The highest BCUT2D eigenvalue weighted by Crippen LogP contribution is 2.33. The summed E-state index contributed by atoms with van der Waals surface area (Å²) in [6, 6.07) is 22.2. The maximum absolute atomic E-state index is 13.8. The van der Waals surface area contributed by atoms with Crippen LogP contribution in [0, 0.1) is 6.92 Å². The van der Waals surface area contributed by atoms with Crippen molar-refractivity contribution in [2.45, 2.75) is 58.8 Å². The van der Waals surface area contributed by atoms with Crippen molar-refractivity contribution in [1.82, 2.24) is 30.1 Å². The molecule has 0 aliphatic heterocycles. The maximum atomic E-state index is 13.8. The zero-order valence-electron chi connectivity index (χ0n) is 21.7. The van der Waals surface area contributed by atoms with E-state index in [1.54, 1.807) is 11.3 Å². The van der Waals surface area contributed by atoms with Crippen molar-refractivity contribution in [2.24, 2.45) is 0 Å². The molecule has 5 aromatic rings. The molecule has 0 spiro atoms. The minimum Gasteiger partial charge on any atom is -0.321 e. The molecule has 0 aliphatic rings. The summed E-state index contributed by atoms with van der Waals surface area (Å²) in [5.41, 5.74) is 3.24. The molecule has 7 nitrogen and oxygen atoms in total. The van der Waals surface area contributed by atoms with Crippen molar-refractivity contribution >= 4 is 22.2 Å². The number of H-pyrrole nitrogens is 1. The van der Waals surface area contributed by atoms with Gasteiger partial charge in [0.15, 0.2) is 5.82 Å². The highest BCUT2D eigenvalue weighted by atomic mass is 32.1. The van der Waals surface area contributed by atoms with Crippen LogP contribution < -0.4 is 5.56 Å². The third-order valence-corrected chi connectivity index (χ3v) is 7.98. The zero-order valence-corrected chi connectivity index (χ0v) is 22.5. The molecule has 37 heavy (non-hydrogen) atoms. The monoisotopic (exact) mass is 512 g/mol. The molecule has 190 valence electrons. The maximum Gasteiger partial charge on any atom is 0.253 e. The molecule has 0 saturated carbocycles. The van der Waals surface area contributed by atoms with Crippen LogP contribution in [0.3, 0.4) is 0 Å². The molecular weight excluding hydrogens is 480 g/mol. The molecule has 5 rings (SSSR count). The number of hydrogen-bond acceptors (Lipinski definition) is 6. The fraction of sp³-hybridized carbons (Fsp3) is 0.310. The average molecular weight is 513 g/mol. The van der Waals surface area contributed by atoms with Crippen LogP contribution in [0.4, 0.5) is 0 Å². The number of para-hydroxylation sites is 1. The number of aryl methyl sites for hydroxylation is 1. The lowest BCUT2D eigenvalue weighted by molar-refractivity contribution is 0.182. The summed E-state index contributed by atoms with van der Waals surface area (Å²) in [4.78, 5) is 20.4. The van der Waals surface area contributed by atoms with Crippen LogP contribution in [0.25, 0.3) is 10.9 Å². The lowest BCUT2D eigenvalue weighted by Gasteiger charge is -2.33. The van der Waals surface area contributed by atoms with E-state index in [4.69, 9.17) is 0 Å². The number of rotatable bonds is 9. The summed E-state index contributed by atoms with van der Waals surface area (Å²) in [6.45, 7) is 9.67. The van der Waals surface area contributed by atoms with Crippen molar-refractivity contribution in [3.63, 3.8) is 0 Å². The van der Waals surface area contributed by atoms with Gasteiger partial charge in [-0.3, -0.25) is 9.69 Å². The molecule has 2 aromatic carbocycles. The predicted octanol–water partition coefficient (Wildman–Crippen LogP) is 5.82. The number of aromatic amines is 1. The van der Waals surface area contributed by atoms with Crippen LogP contribution in [0.5, 0.6) is 0 Å². The normalized spacial score (nSPS) is 12.9. The van der Waals surface area contributed by atoms with Crippen LogP contribution in [-0.4, -0.2) is 30.1 Å². The van der Waals surface area contributed by atoms with Gasteiger partial charge in [0.1, 0.15) is 6.04 Å². The smallest absolute Gasteiger partial charge is 0.253 e. The first-order valence-electron chi connectivity index (χ1n) is 12.6. The largest absolute Gasteiger partial charge is 0.321 e. The van der Waals surface area contributed by atoms with Crippen molar-refractivity contribution in [1.29, 1.82) is 0 Å². The van der Waals surface area contributed by atoms with E-state index in [9.17, 15) is 4.79 Å². The fourth-order valence-corrected chi connectivity index (χ4v) is 5.44. The molecule has 0 aliphatic carbocycles. The van der Waals surface area contributed by atoms with Crippen molar-refractivity contribution in [3.05, 3.63) is 110 Å². The van der Waals surface area contributed by atoms with Gasteiger partial charge in [0.25, 0.3) is 5.56 Å². The number of hydrogen-bond donors (Lipinski definition) is 1. The van der Waals surface area contributed by atoms with E-state index in [2.05, 4.69) is 75.8 Å². The standard InChI is InChI=1S/C29H32N6OS/c1-5-29(3,4)35-27(31-32-33-35)26(24-17-22-14-9-11-20(2)25(22)30-28(24)36)34(19-23-15-10-16-37-23)18-21-12-7-6-8-13-21/h6-17,26H,5,18-19H2,1-4H3,(H,30,36). The van der Waals surface area contributed by atoms with Gasteiger partial charge in [-0.25, -0.2) is 4.68 Å². The second-order valence-corrected chi connectivity index (χ2v) is 11.1. The van der Waals surface area contributed by atoms with Crippen molar-refractivity contribution < 1.29 is 0 Å². The Kier molecular flexibility index (Phi) is 7.04. The molecule has 3 aromatic heterocycles. The molecule has 0 saturated heterocycles. The Morgan fingerprint density at radius 2 is 1.86 bits per heavy atom. The van der Waals surface area contributed by atoms with E-state index in [1.807, 2.05) is 54.1 Å². The Morgan fingerprint density at radius 3 is 2.59 bits per heavy atom. The third-order valence-electron chi connectivity index (χ3n) is 7.12. The Bertz CT molecular complexity index is 1540. The molecular formula is C29H32N6OS. The van der Waals surface area contributed by atoms with Gasteiger partial charge in [-0.15, -0.1) is 16.4 Å². The highest BCUT2D eigenvalue weighted by molar-refractivity contribution is 7.09. The van der Waals surface area contributed by atoms with E-state index in [1.165, 1.54) is 4.88 Å². The third kappa shape index (κ3) is 5.12. The van der Waals surface area contributed by atoms with Gasteiger partial charge in [-0.2, -0.15) is 0 Å². The van der Waals surface area contributed by atoms with Crippen LogP contribution >= 0.6 is 11.3 Å². The van der Waals surface area contributed by atoms with Gasteiger partial charge in [-0.05, 0) is 71.6 Å². The van der Waals surface area contributed by atoms with Crippen molar-refractivity contribution in [2.75, 3.05) is 0 Å². The number of aromatic nitrogens is 5. The van der Waals surface area contributed by atoms with Gasteiger partial charge < -0.3 is 4.98 Å². The van der Waals surface area contributed by atoms with Crippen LogP contribution in [0.1, 0.15) is 60.6 Å². The Balaban J connectivity index is 1.74. The van der Waals surface area contributed by atoms with Crippen LogP contribution in [-0.2, 0) is 18.6 Å². The SMILES string of the molecule is CCC(C)(C)n1nnnc1C(c1cc2cccc(C)c2[nH]c1=O)N(Cc1ccccc1)Cc1cccs1. The Labute approximate surface area is 220 Å². The Hall–Kier alpha value is -3.62. The van der Waals surface area contributed by atoms with Gasteiger partial charge in [0.05, 0.1) is 11.1 Å². The summed E-state index contributed by atoms with van der Waals surface area (Å²) < 4.78 is 1.89. The minimum atomic E-state index is -0.461. The van der Waals surface area contributed by atoms with E-state index in [0.29, 0.717) is 24.5 Å². The van der Waals surface area contributed by atoms with Gasteiger partial charge in [-0.1, -0.05) is 61.5 Å². The number of thiophene rings is 1. The lowest BCUT2D eigenvalue weighted by Crippen LogP contribution is -2.37. The number of nitrogens with zero attached hydrogens (tertiary/aromatic N) is 5. The summed E-state index contributed by atoms with van der Waals surface area (Å²) in [5.74, 6) is 0.664. The Morgan fingerprint density at radius 1 is 1.05 bits per heavy atom. The quantitative estimate of drug-likeness (QED) is 0.269. The summed E-state index contributed by atoms with van der Waals surface area (Å²) >= 11 is 1.71. The van der Waals surface area contributed by atoms with E-state index < -0.39 is 6.04 Å². The molecule has 0 fully saturated rings. The lowest BCUT2D eigenvalue weighted by atomic mass is 9.98. The molecule has 0 radical (unpaired) electrons. The zero-order chi connectivity index (χ0) is 26.0. The van der Waals surface area contributed by atoms with Gasteiger partial charge in [0.2, 0.25) is 0 Å². The van der Waals surface area contributed by atoms with Crippen LogP contribution in [0.15, 0.2) is 76.9 Å². The molecule has 3 heterocycles. The first kappa shape index (κ1) is 25.0. The summed E-state index contributed by atoms with van der Waals surface area (Å²) in [7, 11) is 0. The number of pyridine rings is 1. The van der Waals surface area contributed by atoms with Crippen LogP contribution in [0.2, 0.25) is 0 Å². The molecule has 1 N–H and O–H groups in total.